The Morgan fingerprint density at radius 3 is 3.07 bits per heavy atom. The van der Waals surface area contributed by atoms with E-state index in [0.29, 0.717) is 17.0 Å². The zero-order valence-electron chi connectivity index (χ0n) is 7.33. The van der Waals surface area contributed by atoms with Gasteiger partial charge in [0, 0.05) is 6.20 Å². The molecule has 2 heterocycles. The maximum atomic E-state index is 8.61. The van der Waals surface area contributed by atoms with Gasteiger partial charge in [0.15, 0.2) is 17.0 Å². The molecule has 0 spiro atoms. The predicted molar refractivity (Wildman–Crippen MR) is 52.2 cm³/mol. The molecule has 0 aliphatic carbocycles. The number of aliphatic hydroxyl groups is 1. The summed E-state index contributed by atoms with van der Waals surface area (Å²) in [6.07, 6.45) is 6.20. The lowest BCUT2D eigenvalue weighted by atomic mass is 10.5. The lowest BCUT2D eigenvalue weighted by molar-refractivity contribution is 0.343. The van der Waals surface area contributed by atoms with E-state index in [-0.39, 0.29) is 6.61 Å². The first-order chi connectivity index (χ1) is 6.83. The number of fused-ring (bicyclic) bond motifs is 1. The van der Waals surface area contributed by atoms with Crippen LogP contribution in [-0.4, -0.2) is 31.2 Å². The highest BCUT2D eigenvalue weighted by Gasteiger charge is 2.04. The van der Waals surface area contributed by atoms with Gasteiger partial charge in [0.25, 0.3) is 0 Å². The molecule has 14 heavy (non-hydrogen) atoms. The van der Waals surface area contributed by atoms with Crippen LogP contribution in [0.3, 0.4) is 0 Å². The molecular weight excluding hydrogens is 182 g/mol. The molecule has 0 saturated carbocycles. The van der Waals surface area contributed by atoms with E-state index in [0.717, 1.165) is 0 Å². The zero-order chi connectivity index (χ0) is 9.97. The molecule has 0 atom stereocenters. The van der Waals surface area contributed by atoms with Gasteiger partial charge in [-0.15, -0.1) is 0 Å². The third kappa shape index (κ3) is 1.31. The lowest BCUT2D eigenvalue weighted by Crippen LogP contribution is -1.94. The minimum Gasteiger partial charge on any atom is -0.392 e. The van der Waals surface area contributed by atoms with Crippen LogP contribution in [-0.2, 0) is 0 Å². The average Bonchev–Trinajstić information content (AvgIpc) is 2.60. The van der Waals surface area contributed by atoms with Gasteiger partial charge in [-0.2, -0.15) is 0 Å². The summed E-state index contributed by atoms with van der Waals surface area (Å²) in [6.45, 7) is -0.0275. The van der Waals surface area contributed by atoms with E-state index < -0.39 is 0 Å². The van der Waals surface area contributed by atoms with Crippen molar-refractivity contribution in [2.24, 2.45) is 0 Å². The molecule has 0 unspecified atom stereocenters. The first-order valence-corrected chi connectivity index (χ1v) is 4.03. The van der Waals surface area contributed by atoms with Crippen molar-refractivity contribution < 1.29 is 5.11 Å². The Hall–Kier alpha value is -1.95. The third-order valence-corrected chi connectivity index (χ3v) is 1.76. The molecule has 0 bridgehead atoms. The molecule has 2 aromatic rings. The lowest BCUT2D eigenvalue weighted by Gasteiger charge is -1.95. The van der Waals surface area contributed by atoms with Gasteiger partial charge in [-0.1, -0.05) is 0 Å². The Morgan fingerprint density at radius 1 is 1.43 bits per heavy atom. The van der Waals surface area contributed by atoms with Gasteiger partial charge in [0.2, 0.25) is 0 Å². The van der Waals surface area contributed by atoms with E-state index in [1.54, 1.807) is 23.2 Å². The second kappa shape index (κ2) is 3.43. The van der Waals surface area contributed by atoms with Crippen molar-refractivity contribution in [2.75, 3.05) is 12.3 Å². The van der Waals surface area contributed by atoms with Crippen LogP contribution >= 0.6 is 0 Å². The van der Waals surface area contributed by atoms with Crippen molar-refractivity contribution >= 4 is 23.2 Å². The third-order valence-electron chi connectivity index (χ3n) is 1.76. The van der Waals surface area contributed by atoms with Crippen LogP contribution in [0, 0.1) is 0 Å². The number of nitrogens with two attached hydrogens (primary N) is 1. The van der Waals surface area contributed by atoms with Gasteiger partial charge in [0.1, 0.15) is 12.7 Å². The Kier molecular flexibility index (Phi) is 2.11. The standard InChI is InChI=1S/C8H9N5O/c9-7-6-8(11-4-10-7)13(5-12-6)2-1-3-14/h1-2,4-5,14H,3H2,(H2,9,10,11)/b2-1-. The summed E-state index contributed by atoms with van der Waals surface area (Å²) in [5.74, 6) is 0.353. The number of rotatable bonds is 2. The summed E-state index contributed by atoms with van der Waals surface area (Å²) >= 11 is 0. The SMILES string of the molecule is Nc1ncnc2c1ncn2/C=C\CO. The quantitative estimate of drug-likeness (QED) is 0.690. The molecule has 0 amide bonds. The van der Waals surface area contributed by atoms with Crippen molar-refractivity contribution in [1.29, 1.82) is 0 Å². The normalized spacial score (nSPS) is 11.5. The highest BCUT2D eigenvalue weighted by atomic mass is 16.2. The fourth-order valence-corrected chi connectivity index (χ4v) is 1.14. The maximum Gasteiger partial charge on any atom is 0.169 e. The van der Waals surface area contributed by atoms with Crippen LogP contribution in [0.5, 0.6) is 0 Å². The van der Waals surface area contributed by atoms with Crippen LogP contribution in [0.15, 0.2) is 18.7 Å². The summed E-state index contributed by atoms with van der Waals surface area (Å²) < 4.78 is 1.67. The minimum absolute atomic E-state index is 0.0275. The van der Waals surface area contributed by atoms with Gasteiger partial charge in [-0.05, 0) is 6.08 Å². The van der Waals surface area contributed by atoms with Crippen molar-refractivity contribution in [3.8, 4) is 0 Å². The number of hydrogen-bond donors (Lipinski definition) is 2. The van der Waals surface area contributed by atoms with Crippen LogP contribution < -0.4 is 5.73 Å². The summed E-state index contributed by atoms with van der Waals surface area (Å²) in [4.78, 5) is 11.9. The van der Waals surface area contributed by atoms with Crippen LogP contribution in [0.25, 0.3) is 17.4 Å². The molecule has 72 valence electrons. The summed E-state index contributed by atoms with van der Waals surface area (Å²) in [5, 5.41) is 8.61. The Morgan fingerprint density at radius 2 is 2.29 bits per heavy atom. The first-order valence-electron chi connectivity index (χ1n) is 4.03. The van der Waals surface area contributed by atoms with E-state index >= 15 is 0 Å². The van der Waals surface area contributed by atoms with E-state index in [1.165, 1.54) is 6.33 Å². The molecule has 2 rings (SSSR count). The number of nitrogens with zero attached hydrogens (tertiary/aromatic N) is 4. The zero-order valence-corrected chi connectivity index (χ0v) is 7.33. The second-order valence-corrected chi connectivity index (χ2v) is 2.65. The van der Waals surface area contributed by atoms with Gasteiger partial charge in [0.05, 0.1) is 6.61 Å². The first kappa shape index (κ1) is 8.64. The number of nitrogen functional groups attached to an aromatic ring is 1. The Balaban J connectivity index is 2.58. The van der Waals surface area contributed by atoms with Gasteiger partial charge >= 0.3 is 0 Å². The molecule has 6 nitrogen and oxygen atoms in total. The van der Waals surface area contributed by atoms with Gasteiger partial charge < -0.3 is 10.8 Å². The highest BCUT2D eigenvalue weighted by Crippen LogP contribution is 2.13. The number of aromatic nitrogens is 4. The van der Waals surface area contributed by atoms with Crippen molar-refractivity contribution in [3.63, 3.8) is 0 Å². The van der Waals surface area contributed by atoms with E-state index in [4.69, 9.17) is 10.8 Å². The van der Waals surface area contributed by atoms with Crippen molar-refractivity contribution in [1.82, 2.24) is 19.5 Å². The molecular formula is C8H9N5O. The minimum atomic E-state index is -0.0275. The fraction of sp³-hybridized carbons (Fsp3) is 0.125. The Labute approximate surface area is 79.7 Å². The summed E-state index contributed by atoms with van der Waals surface area (Å²) in [5.41, 5.74) is 6.79. The molecule has 0 aromatic carbocycles. The molecule has 0 aliphatic heterocycles. The number of aliphatic hydroxyl groups excluding tert-OH is 1. The van der Waals surface area contributed by atoms with Crippen LogP contribution in [0.1, 0.15) is 0 Å². The topological polar surface area (TPSA) is 89.9 Å². The molecule has 6 heteroatoms. The van der Waals surface area contributed by atoms with Crippen LogP contribution in [0.2, 0.25) is 0 Å². The van der Waals surface area contributed by atoms with Crippen molar-refractivity contribution in [2.45, 2.75) is 0 Å². The summed E-state index contributed by atoms with van der Waals surface area (Å²) in [6, 6.07) is 0. The van der Waals surface area contributed by atoms with E-state index in [1.807, 2.05) is 0 Å². The number of hydrogen-bond acceptors (Lipinski definition) is 5. The average molecular weight is 191 g/mol. The Bertz CT molecular complexity index is 476. The van der Waals surface area contributed by atoms with Crippen LogP contribution in [0.4, 0.5) is 5.82 Å². The number of anilines is 1. The molecule has 0 saturated heterocycles. The smallest absolute Gasteiger partial charge is 0.169 e. The molecule has 2 aromatic heterocycles. The van der Waals surface area contributed by atoms with Crippen molar-refractivity contribution in [3.05, 3.63) is 18.7 Å². The highest BCUT2D eigenvalue weighted by molar-refractivity contribution is 5.82. The monoisotopic (exact) mass is 191 g/mol. The fourth-order valence-electron chi connectivity index (χ4n) is 1.14. The second-order valence-electron chi connectivity index (χ2n) is 2.65. The molecule has 0 radical (unpaired) electrons. The van der Waals surface area contributed by atoms with Gasteiger partial charge in [-0.3, -0.25) is 4.57 Å². The largest absolute Gasteiger partial charge is 0.392 e. The molecule has 0 fully saturated rings. The van der Waals surface area contributed by atoms with E-state index in [9.17, 15) is 0 Å². The number of imidazole rings is 1. The molecule has 0 aliphatic rings. The van der Waals surface area contributed by atoms with E-state index in [2.05, 4.69) is 15.0 Å². The summed E-state index contributed by atoms with van der Waals surface area (Å²) in [7, 11) is 0. The predicted octanol–water partition coefficient (Wildman–Crippen LogP) is -0.129. The maximum absolute atomic E-state index is 8.61. The molecule has 3 N–H and O–H groups in total. The van der Waals surface area contributed by atoms with Gasteiger partial charge in [-0.25, -0.2) is 15.0 Å².